The van der Waals surface area contributed by atoms with E-state index in [0.717, 1.165) is 0 Å². The van der Waals surface area contributed by atoms with Crippen LogP contribution in [0.3, 0.4) is 0 Å². The molecule has 2 aromatic carbocycles. The first-order valence-corrected chi connectivity index (χ1v) is 10.8. The normalized spacial score (nSPS) is 17.6. The van der Waals surface area contributed by atoms with Crippen LogP contribution in [0.15, 0.2) is 60.8 Å². The van der Waals surface area contributed by atoms with E-state index in [1.54, 1.807) is 11.1 Å². The Hall–Kier alpha value is -2.41. The molecule has 1 saturated carbocycles. The van der Waals surface area contributed by atoms with Crippen molar-refractivity contribution in [1.82, 2.24) is 0 Å². The van der Waals surface area contributed by atoms with E-state index in [-0.39, 0.29) is 0 Å². The van der Waals surface area contributed by atoms with Gasteiger partial charge in [-0.3, -0.25) is 0 Å². The molecule has 0 amide bonds. The molecule has 0 aliphatic heterocycles. The van der Waals surface area contributed by atoms with Crippen LogP contribution in [-0.4, -0.2) is 0 Å². The van der Waals surface area contributed by atoms with Crippen LogP contribution < -0.4 is 4.57 Å². The van der Waals surface area contributed by atoms with E-state index in [1.807, 2.05) is 0 Å². The molecule has 0 bridgehead atoms. The number of hydrogen-bond donors (Lipinski definition) is 0. The number of rotatable bonds is 2. The molecule has 0 atom stereocenters. The summed E-state index contributed by atoms with van der Waals surface area (Å²) in [6, 6.07) is 20.4. The first-order chi connectivity index (χ1) is 13.6. The maximum absolute atomic E-state index is 2.47. The number of nitrogens with zero attached hydrogens (tertiary/aromatic N) is 1. The zero-order valence-corrected chi connectivity index (χ0v) is 17.2. The number of aryl methyl sites for hydroxylation is 2. The van der Waals surface area contributed by atoms with Gasteiger partial charge in [-0.15, -0.1) is 0 Å². The zero-order valence-electron chi connectivity index (χ0n) is 17.2. The second kappa shape index (κ2) is 6.88. The van der Waals surface area contributed by atoms with Crippen LogP contribution in [0.4, 0.5) is 0 Å². The van der Waals surface area contributed by atoms with Gasteiger partial charge in [0, 0.05) is 17.2 Å². The van der Waals surface area contributed by atoms with Crippen molar-refractivity contribution in [2.75, 3.05) is 0 Å². The molecule has 0 saturated heterocycles. The van der Waals surface area contributed by atoms with Crippen molar-refractivity contribution in [3.63, 3.8) is 0 Å². The zero-order chi connectivity index (χ0) is 19.1. The standard InChI is InChI=1S/C27H30N/c1-20-8-4-5-9-25(20)26-13-12-23(19-28(26)2)21-10-11-22-17-27(18-24(22)16-21)14-6-3-7-15-27/h4-5,8-13,16,19H,3,6-7,14-15,17-18H2,1-2H3/q+1. The molecule has 1 aromatic heterocycles. The van der Waals surface area contributed by atoms with Crippen molar-refractivity contribution in [1.29, 1.82) is 0 Å². The fourth-order valence-electron chi connectivity index (χ4n) is 5.59. The molecule has 0 unspecified atom stereocenters. The third kappa shape index (κ3) is 3.07. The molecule has 1 fully saturated rings. The van der Waals surface area contributed by atoms with Crippen molar-refractivity contribution in [3.05, 3.63) is 77.5 Å². The minimum atomic E-state index is 0.582. The Labute approximate surface area is 169 Å². The highest BCUT2D eigenvalue weighted by molar-refractivity contribution is 5.67. The Bertz CT molecular complexity index is 1020. The highest BCUT2D eigenvalue weighted by atomic mass is 14.9. The van der Waals surface area contributed by atoms with E-state index >= 15 is 0 Å². The summed E-state index contributed by atoms with van der Waals surface area (Å²) in [6.07, 6.45) is 12.0. The summed E-state index contributed by atoms with van der Waals surface area (Å²) in [5, 5.41) is 0. The van der Waals surface area contributed by atoms with Gasteiger partial charge in [0.15, 0.2) is 6.20 Å². The lowest BCUT2D eigenvalue weighted by atomic mass is 9.72. The molecule has 2 aliphatic carbocycles. The number of aromatic nitrogens is 1. The van der Waals surface area contributed by atoms with E-state index < -0.39 is 0 Å². The Kier molecular flexibility index (Phi) is 4.34. The highest BCUT2D eigenvalue weighted by Crippen LogP contribution is 2.47. The molecule has 1 spiro atoms. The lowest BCUT2D eigenvalue weighted by molar-refractivity contribution is -0.659. The smallest absolute Gasteiger partial charge is 0.200 e. The molecule has 28 heavy (non-hydrogen) atoms. The molecular formula is C27H30N+. The van der Waals surface area contributed by atoms with E-state index in [4.69, 9.17) is 0 Å². The maximum atomic E-state index is 2.47. The van der Waals surface area contributed by atoms with Gasteiger partial charge in [0.25, 0.3) is 0 Å². The average molecular weight is 369 g/mol. The minimum absolute atomic E-state index is 0.582. The van der Waals surface area contributed by atoms with Gasteiger partial charge in [-0.05, 0) is 72.4 Å². The van der Waals surface area contributed by atoms with Crippen LogP contribution in [0.25, 0.3) is 22.4 Å². The van der Waals surface area contributed by atoms with Crippen LogP contribution >= 0.6 is 0 Å². The predicted molar refractivity (Wildman–Crippen MR) is 116 cm³/mol. The first-order valence-electron chi connectivity index (χ1n) is 10.8. The molecule has 3 aromatic rings. The summed E-state index contributed by atoms with van der Waals surface area (Å²) in [6.45, 7) is 2.19. The number of pyridine rings is 1. The van der Waals surface area contributed by atoms with Gasteiger partial charge in [-0.2, -0.15) is 0 Å². The molecule has 142 valence electrons. The third-order valence-electron chi connectivity index (χ3n) is 7.14. The number of benzene rings is 2. The molecule has 1 heteroatoms. The van der Waals surface area contributed by atoms with Gasteiger partial charge in [-0.1, -0.05) is 55.7 Å². The molecule has 0 N–H and O–H groups in total. The van der Waals surface area contributed by atoms with Crippen molar-refractivity contribution < 1.29 is 4.57 Å². The second-order valence-electron chi connectivity index (χ2n) is 9.13. The van der Waals surface area contributed by atoms with E-state index in [0.29, 0.717) is 5.41 Å². The summed E-state index contributed by atoms with van der Waals surface area (Å²) in [4.78, 5) is 0. The van der Waals surface area contributed by atoms with Crippen molar-refractivity contribution in [2.24, 2.45) is 12.5 Å². The summed E-state index contributed by atoms with van der Waals surface area (Å²) < 4.78 is 2.27. The topological polar surface area (TPSA) is 3.88 Å². The van der Waals surface area contributed by atoms with Gasteiger partial charge < -0.3 is 0 Å². The van der Waals surface area contributed by atoms with E-state index in [9.17, 15) is 0 Å². The van der Waals surface area contributed by atoms with Gasteiger partial charge in [0.1, 0.15) is 7.05 Å². The van der Waals surface area contributed by atoms with Crippen LogP contribution in [0, 0.1) is 12.3 Å². The minimum Gasteiger partial charge on any atom is -0.200 e. The van der Waals surface area contributed by atoms with Gasteiger partial charge in [0.05, 0.1) is 0 Å². The summed E-state index contributed by atoms with van der Waals surface area (Å²) >= 11 is 0. The second-order valence-corrected chi connectivity index (χ2v) is 9.13. The molecule has 5 rings (SSSR count). The van der Waals surface area contributed by atoms with Gasteiger partial charge in [0.2, 0.25) is 5.69 Å². The maximum Gasteiger partial charge on any atom is 0.212 e. The number of fused-ring (bicyclic) bond motifs is 1. The van der Waals surface area contributed by atoms with Crippen LogP contribution in [0.1, 0.15) is 48.8 Å². The summed E-state index contributed by atoms with van der Waals surface area (Å²) in [5.41, 5.74) is 10.4. The number of hydrogen-bond acceptors (Lipinski definition) is 0. The first kappa shape index (κ1) is 17.7. The Morgan fingerprint density at radius 1 is 0.786 bits per heavy atom. The van der Waals surface area contributed by atoms with E-state index in [2.05, 4.69) is 79.3 Å². The summed E-state index contributed by atoms with van der Waals surface area (Å²) in [7, 11) is 2.16. The Balaban J connectivity index is 1.46. The van der Waals surface area contributed by atoms with Crippen LogP contribution in [-0.2, 0) is 19.9 Å². The lowest BCUT2D eigenvalue weighted by Gasteiger charge is -2.33. The van der Waals surface area contributed by atoms with Gasteiger partial charge in [-0.25, -0.2) is 4.57 Å². The molecule has 2 aliphatic rings. The molecule has 1 nitrogen and oxygen atoms in total. The monoisotopic (exact) mass is 368 g/mol. The molecule has 1 heterocycles. The highest BCUT2D eigenvalue weighted by Gasteiger charge is 2.38. The lowest BCUT2D eigenvalue weighted by Crippen LogP contribution is -2.30. The largest absolute Gasteiger partial charge is 0.212 e. The average Bonchev–Trinajstić information content (AvgIpc) is 3.05. The quantitative estimate of drug-likeness (QED) is 0.474. The van der Waals surface area contributed by atoms with Crippen LogP contribution in [0.5, 0.6) is 0 Å². The van der Waals surface area contributed by atoms with Crippen molar-refractivity contribution >= 4 is 0 Å². The Morgan fingerprint density at radius 2 is 1.54 bits per heavy atom. The third-order valence-corrected chi connectivity index (χ3v) is 7.14. The van der Waals surface area contributed by atoms with Crippen LogP contribution in [0.2, 0.25) is 0 Å². The fraction of sp³-hybridized carbons (Fsp3) is 0.370. The van der Waals surface area contributed by atoms with Crippen molar-refractivity contribution in [3.8, 4) is 22.4 Å². The SMILES string of the molecule is Cc1ccccc1-c1ccc(-c2ccc3c(c2)CC2(CCCCC2)C3)c[n+]1C. The molecule has 0 radical (unpaired) electrons. The van der Waals surface area contributed by atoms with Crippen molar-refractivity contribution in [2.45, 2.75) is 51.9 Å². The Morgan fingerprint density at radius 3 is 2.32 bits per heavy atom. The van der Waals surface area contributed by atoms with Gasteiger partial charge >= 0.3 is 0 Å². The van der Waals surface area contributed by atoms with E-state index in [1.165, 1.54) is 72.9 Å². The summed E-state index contributed by atoms with van der Waals surface area (Å²) in [5.74, 6) is 0. The molecular weight excluding hydrogens is 338 g/mol. The predicted octanol–water partition coefficient (Wildman–Crippen LogP) is 6.20. The fourth-order valence-corrected chi connectivity index (χ4v) is 5.59.